The highest BCUT2D eigenvalue weighted by molar-refractivity contribution is 7.90. The van der Waals surface area contributed by atoms with Crippen LogP contribution in [0.4, 0.5) is 0 Å². The number of aryl methyl sites for hydroxylation is 1. The SMILES string of the molecule is Cc1cc2c(-c3ccc(S(N)(=O)=O)cn3)ccnc2n1S(=O)(=O)c1ccccc1. The molecule has 29 heavy (non-hydrogen) atoms. The highest BCUT2D eigenvalue weighted by atomic mass is 32.2. The molecule has 10 heteroatoms. The van der Waals surface area contributed by atoms with Crippen LogP contribution in [0, 0.1) is 6.92 Å². The van der Waals surface area contributed by atoms with Crippen molar-refractivity contribution >= 4 is 31.1 Å². The Morgan fingerprint density at radius 1 is 0.897 bits per heavy atom. The second-order valence-electron chi connectivity index (χ2n) is 6.39. The van der Waals surface area contributed by atoms with E-state index in [9.17, 15) is 16.8 Å². The van der Waals surface area contributed by atoms with E-state index in [0.29, 0.717) is 22.3 Å². The summed E-state index contributed by atoms with van der Waals surface area (Å²) in [5, 5.41) is 5.70. The number of nitrogens with two attached hydrogens (primary N) is 1. The van der Waals surface area contributed by atoms with E-state index in [-0.39, 0.29) is 15.4 Å². The molecule has 4 aromatic rings. The number of nitrogens with zero attached hydrogens (tertiary/aromatic N) is 3. The zero-order valence-corrected chi connectivity index (χ0v) is 16.9. The van der Waals surface area contributed by atoms with Crippen molar-refractivity contribution in [2.75, 3.05) is 0 Å². The Hall–Kier alpha value is -3.08. The van der Waals surface area contributed by atoms with Crippen molar-refractivity contribution in [1.82, 2.24) is 13.9 Å². The summed E-state index contributed by atoms with van der Waals surface area (Å²) in [6, 6.07) is 14.4. The van der Waals surface area contributed by atoms with Crippen molar-refractivity contribution in [1.29, 1.82) is 0 Å². The summed E-state index contributed by atoms with van der Waals surface area (Å²) in [4.78, 5) is 8.51. The zero-order chi connectivity index (χ0) is 20.8. The quantitative estimate of drug-likeness (QED) is 0.532. The van der Waals surface area contributed by atoms with Crippen LogP contribution in [0.1, 0.15) is 5.69 Å². The summed E-state index contributed by atoms with van der Waals surface area (Å²) in [6.07, 6.45) is 2.66. The number of fused-ring (bicyclic) bond motifs is 1. The lowest BCUT2D eigenvalue weighted by Gasteiger charge is -2.09. The Labute approximate surface area is 167 Å². The molecule has 0 aliphatic carbocycles. The van der Waals surface area contributed by atoms with Crippen molar-refractivity contribution in [2.45, 2.75) is 16.7 Å². The number of pyridine rings is 2. The molecule has 0 aliphatic heterocycles. The van der Waals surface area contributed by atoms with E-state index in [1.165, 1.54) is 40.6 Å². The van der Waals surface area contributed by atoms with Gasteiger partial charge in [-0.05, 0) is 43.3 Å². The molecule has 0 radical (unpaired) electrons. The largest absolute Gasteiger partial charge is 0.269 e. The maximum absolute atomic E-state index is 13.2. The van der Waals surface area contributed by atoms with Crippen LogP contribution in [-0.4, -0.2) is 30.8 Å². The molecule has 3 aromatic heterocycles. The van der Waals surface area contributed by atoms with Crippen LogP contribution in [-0.2, 0) is 20.0 Å². The summed E-state index contributed by atoms with van der Waals surface area (Å²) in [6.45, 7) is 1.68. The number of rotatable bonds is 4. The van der Waals surface area contributed by atoms with Gasteiger partial charge in [-0.2, -0.15) is 0 Å². The average molecular weight is 428 g/mol. The first-order chi connectivity index (χ1) is 13.7. The Kier molecular flexibility index (Phi) is 4.49. The number of aromatic nitrogens is 3. The first-order valence-electron chi connectivity index (χ1n) is 8.46. The standard InChI is InChI=1S/C19H16N4O4S2/c1-13-11-17-16(18-8-7-15(12-22-18)28(20,24)25)9-10-21-19(17)23(13)29(26,27)14-5-3-2-4-6-14/h2-12H,1H3,(H2,20,24,25). The van der Waals surface area contributed by atoms with Crippen LogP contribution in [0.2, 0.25) is 0 Å². The number of primary sulfonamides is 1. The molecule has 4 rings (SSSR count). The predicted octanol–water partition coefficient (Wildman–Crippen LogP) is 2.29. The fourth-order valence-corrected chi connectivity index (χ4v) is 5.11. The minimum absolute atomic E-state index is 0.105. The Balaban J connectivity index is 1.92. The zero-order valence-electron chi connectivity index (χ0n) is 15.2. The second-order valence-corrected chi connectivity index (χ2v) is 9.74. The summed E-state index contributed by atoms with van der Waals surface area (Å²) in [5.41, 5.74) is 1.85. The lowest BCUT2D eigenvalue weighted by atomic mass is 10.1. The van der Waals surface area contributed by atoms with Gasteiger partial charge in [0.1, 0.15) is 4.90 Å². The van der Waals surface area contributed by atoms with Crippen LogP contribution < -0.4 is 5.14 Å². The summed E-state index contributed by atoms with van der Waals surface area (Å²) < 4.78 is 50.4. The summed E-state index contributed by atoms with van der Waals surface area (Å²) in [5.74, 6) is 0. The molecule has 8 nitrogen and oxygen atoms in total. The van der Waals surface area contributed by atoms with Crippen LogP contribution in [0.3, 0.4) is 0 Å². The maximum Gasteiger partial charge on any atom is 0.269 e. The van der Waals surface area contributed by atoms with Crippen molar-refractivity contribution in [3.63, 3.8) is 0 Å². The van der Waals surface area contributed by atoms with E-state index in [4.69, 9.17) is 5.14 Å². The Bertz CT molecular complexity index is 1430. The van der Waals surface area contributed by atoms with Gasteiger partial charge in [-0.25, -0.2) is 30.9 Å². The van der Waals surface area contributed by atoms with E-state index >= 15 is 0 Å². The molecule has 0 spiro atoms. The maximum atomic E-state index is 13.2. The van der Waals surface area contributed by atoms with Gasteiger partial charge in [0.05, 0.1) is 10.6 Å². The molecule has 0 saturated carbocycles. The van der Waals surface area contributed by atoms with Gasteiger partial charge in [-0.3, -0.25) is 4.98 Å². The lowest BCUT2D eigenvalue weighted by Crippen LogP contribution is -2.14. The van der Waals surface area contributed by atoms with Crippen LogP contribution >= 0.6 is 0 Å². The molecule has 148 valence electrons. The number of hydrogen-bond acceptors (Lipinski definition) is 6. The molecular formula is C19H16N4O4S2. The lowest BCUT2D eigenvalue weighted by molar-refractivity contribution is 0.587. The molecule has 0 fully saturated rings. The molecule has 2 N–H and O–H groups in total. The molecule has 0 unspecified atom stereocenters. The van der Waals surface area contributed by atoms with E-state index in [2.05, 4.69) is 9.97 Å². The Morgan fingerprint density at radius 3 is 2.24 bits per heavy atom. The summed E-state index contributed by atoms with van der Waals surface area (Å²) in [7, 11) is -7.70. The minimum Gasteiger partial charge on any atom is -0.255 e. The van der Waals surface area contributed by atoms with E-state index < -0.39 is 20.0 Å². The predicted molar refractivity (Wildman–Crippen MR) is 108 cm³/mol. The monoisotopic (exact) mass is 428 g/mol. The first-order valence-corrected chi connectivity index (χ1v) is 11.4. The van der Waals surface area contributed by atoms with Gasteiger partial charge < -0.3 is 0 Å². The molecule has 0 atom stereocenters. The van der Waals surface area contributed by atoms with E-state index in [0.717, 1.165) is 0 Å². The van der Waals surface area contributed by atoms with Gasteiger partial charge in [0.25, 0.3) is 10.0 Å². The van der Waals surface area contributed by atoms with E-state index in [1.807, 2.05) is 0 Å². The first kappa shape index (κ1) is 19.2. The van der Waals surface area contributed by atoms with Gasteiger partial charge >= 0.3 is 0 Å². The van der Waals surface area contributed by atoms with Gasteiger partial charge in [-0.15, -0.1) is 0 Å². The molecule has 0 amide bonds. The normalized spacial score (nSPS) is 12.3. The third kappa shape index (κ3) is 3.31. The molecular weight excluding hydrogens is 412 g/mol. The van der Waals surface area contributed by atoms with Gasteiger partial charge in [-0.1, -0.05) is 18.2 Å². The van der Waals surface area contributed by atoms with Gasteiger partial charge in [0, 0.05) is 29.0 Å². The van der Waals surface area contributed by atoms with Crippen LogP contribution in [0.5, 0.6) is 0 Å². The van der Waals surface area contributed by atoms with Crippen LogP contribution in [0.25, 0.3) is 22.3 Å². The minimum atomic E-state index is -3.86. The molecule has 0 aliphatic rings. The van der Waals surface area contributed by atoms with Crippen LogP contribution in [0.15, 0.2) is 76.8 Å². The second kappa shape index (κ2) is 6.76. The van der Waals surface area contributed by atoms with E-state index in [1.54, 1.807) is 37.3 Å². The number of sulfonamides is 1. The van der Waals surface area contributed by atoms with Gasteiger partial charge in [0.2, 0.25) is 10.0 Å². The van der Waals surface area contributed by atoms with Crippen molar-refractivity contribution in [3.8, 4) is 11.3 Å². The van der Waals surface area contributed by atoms with Gasteiger partial charge in [0.15, 0.2) is 5.65 Å². The van der Waals surface area contributed by atoms with Crippen molar-refractivity contribution in [3.05, 3.63) is 72.7 Å². The smallest absolute Gasteiger partial charge is 0.255 e. The molecule has 1 aromatic carbocycles. The molecule has 0 bridgehead atoms. The molecule has 0 saturated heterocycles. The third-order valence-electron chi connectivity index (χ3n) is 4.46. The highest BCUT2D eigenvalue weighted by Gasteiger charge is 2.23. The Morgan fingerprint density at radius 2 is 1.62 bits per heavy atom. The third-order valence-corrected chi connectivity index (χ3v) is 7.17. The number of hydrogen-bond donors (Lipinski definition) is 1. The van der Waals surface area contributed by atoms with Crippen molar-refractivity contribution in [2.24, 2.45) is 5.14 Å². The fraction of sp³-hybridized carbons (Fsp3) is 0.0526. The number of benzene rings is 1. The molecule has 3 heterocycles. The topological polar surface area (TPSA) is 125 Å². The van der Waals surface area contributed by atoms with Crippen molar-refractivity contribution < 1.29 is 16.8 Å². The summed E-state index contributed by atoms with van der Waals surface area (Å²) >= 11 is 0. The highest BCUT2D eigenvalue weighted by Crippen LogP contribution is 2.31. The fourth-order valence-electron chi connectivity index (χ4n) is 3.13. The average Bonchev–Trinajstić information content (AvgIpc) is 3.04.